The first-order valence-corrected chi connectivity index (χ1v) is 8.70. The van der Waals surface area contributed by atoms with Crippen molar-refractivity contribution < 1.29 is 4.79 Å². The topological polar surface area (TPSA) is 17.1 Å². The van der Waals surface area contributed by atoms with E-state index in [-0.39, 0.29) is 0 Å². The van der Waals surface area contributed by atoms with E-state index in [1.165, 1.54) is 36.0 Å². The predicted molar refractivity (Wildman–Crippen MR) is 87.9 cm³/mol. The van der Waals surface area contributed by atoms with Gasteiger partial charge >= 0.3 is 0 Å². The van der Waals surface area contributed by atoms with Gasteiger partial charge in [-0.15, -0.1) is 0 Å². The van der Waals surface area contributed by atoms with Gasteiger partial charge in [-0.2, -0.15) is 0 Å². The first-order chi connectivity index (χ1) is 9.71. The number of hydrogen-bond donors (Lipinski definition) is 0. The van der Waals surface area contributed by atoms with Crippen LogP contribution in [0.3, 0.4) is 0 Å². The van der Waals surface area contributed by atoms with Crippen molar-refractivity contribution in [2.75, 3.05) is 0 Å². The number of carbonyl (C=O) groups excluding carboxylic acids is 1. The quantitative estimate of drug-likeness (QED) is 0.468. The Balaban J connectivity index is 3.07. The lowest BCUT2D eigenvalue weighted by Gasteiger charge is -2.11. The monoisotopic (exact) mass is 276 g/mol. The number of Topliss-reactive ketones (excluding diaryl/α,β-unsaturated/α-hetero) is 1. The summed E-state index contributed by atoms with van der Waals surface area (Å²) in [7, 11) is 0. The lowest BCUT2D eigenvalue weighted by Crippen LogP contribution is -2.03. The van der Waals surface area contributed by atoms with Gasteiger partial charge in [-0.25, -0.2) is 0 Å². The van der Waals surface area contributed by atoms with E-state index in [4.69, 9.17) is 0 Å². The second kappa shape index (κ2) is 9.15. The maximum Gasteiger partial charge on any atom is 0.185 e. The van der Waals surface area contributed by atoms with Crippen molar-refractivity contribution in [2.45, 2.75) is 91.9 Å². The summed E-state index contributed by atoms with van der Waals surface area (Å²) in [6.45, 7) is 8.85. The Bertz CT molecular complexity index is 385. The predicted octanol–water partition coefficient (Wildman–Crippen LogP) is 6.14. The molecule has 0 fully saturated rings. The Labute approximate surface area is 125 Å². The lowest BCUT2D eigenvalue weighted by molar-refractivity contribution is -0.112. The van der Waals surface area contributed by atoms with E-state index >= 15 is 0 Å². The van der Waals surface area contributed by atoms with Crippen LogP contribution in [0.5, 0.6) is 0 Å². The third-order valence-electron chi connectivity index (χ3n) is 4.20. The van der Waals surface area contributed by atoms with Gasteiger partial charge in [0.1, 0.15) is 0 Å². The average Bonchev–Trinajstić information content (AvgIpc) is 2.68. The molecule has 20 heavy (non-hydrogen) atoms. The van der Waals surface area contributed by atoms with Crippen LogP contribution in [0.2, 0.25) is 0 Å². The van der Waals surface area contributed by atoms with E-state index in [0.717, 1.165) is 50.5 Å². The number of allylic oxidation sites excluding steroid dienone is 4. The fraction of sp³-hybridized carbons (Fsp3) is 0.737. The molecule has 1 aliphatic rings. The van der Waals surface area contributed by atoms with Crippen molar-refractivity contribution in [1.82, 2.24) is 0 Å². The number of ketones is 1. The molecule has 114 valence electrons. The molecule has 1 nitrogen and oxygen atoms in total. The minimum atomic E-state index is 0.398. The van der Waals surface area contributed by atoms with Crippen molar-refractivity contribution in [3.05, 3.63) is 22.3 Å². The molecule has 0 spiro atoms. The van der Waals surface area contributed by atoms with E-state index in [9.17, 15) is 4.79 Å². The zero-order valence-electron chi connectivity index (χ0n) is 14.0. The molecule has 0 bridgehead atoms. The minimum absolute atomic E-state index is 0.398. The molecule has 0 saturated carbocycles. The fourth-order valence-electron chi connectivity index (χ4n) is 3.16. The highest BCUT2D eigenvalue weighted by molar-refractivity contribution is 6.13. The SMILES string of the molecule is CCCCC1=C(CCCC)C(CCC)=C(CCC)C1=O. The molecule has 0 aromatic heterocycles. The zero-order chi connectivity index (χ0) is 15.0. The molecule has 0 N–H and O–H groups in total. The molecule has 0 atom stereocenters. The third-order valence-corrected chi connectivity index (χ3v) is 4.20. The highest BCUT2D eigenvalue weighted by Crippen LogP contribution is 2.39. The average molecular weight is 276 g/mol. The van der Waals surface area contributed by atoms with Gasteiger partial charge in [0.2, 0.25) is 0 Å². The van der Waals surface area contributed by atoms with Crippen molar-refractivity contribution in [3.63, 3.8) is 0 Å². The number of hydrogen-bond acceptors (Lipinski definition) is 1. The highest BCUT2D eigenvalue weighted by atomic mass is 16.1. The van der Waals surface area contributed by atoms with Gasteiger partial charge in [0, 0.05) is 11.1 Å². The third kappa shape index (κ3) is 4.07. The van der Waals surface area contributed by atoms with Crippen molar-refractivity contribution >= 4 is 5.78 Å². The summed E-state index contributed by atoms with van der Waals surface area (Å²) in [5, 5.41) is 0. The smallest absolute Gasteiger partial charge is 0.185 e. The van der Waals surface area contributed by atoms with Crippen LogP contribution < -0.4 is 0 Å². The second-order valence-electron chi connectivity index (χ2n) is 5.95. The minimum Gasteiger partial charge on any atom is -0.289 e. The number of carbonyl (C=O) groups is 1. The Morgan fingerprint density at radius 2 is 0.950 bits per heavy atom. The Kier molecular flexibility index (Phi) is 7.87. The van der Waals surface area contributed by atoms with Gasteiger partial charge in [0.25, 0.3) is 0 Å². The van der Waals surface area contributed by atoms with Crippen LogP contribution in [0, 0.1) is 0 Å². The van der Waals surface area contributed by atoms with E-state index in [1.54, 1.807) is 0 Å². The van der Waals surface area contributed by atoms with Gasteiger partial charge in [-0.05, 0) is 49.7 Å². The van der Waals surface area contributed by atoms with Crippen LogP contribution >= 0.6 is 0 Å². The Hall–Kier alpha value is -0.850. The zero-order valence-corrected chi connectivity index (χ0v) is 14.0. The van der Waals surface area contributed by atoms with E-state index in [1.807, 2.05) is 0 Å². The second-order valence-corrected chi connectivity index (χ2v) is 5.95. The summed E-state index contributed by atoms with van der Waals surface area (Å²) in [6.07, 6.45) is 11.1. The van der Waals surface area contributed by atoms with Gasteiger partial charge in [-0.3, -0.25) is 4.79 Å². The fourth-order valence-corrected chi connectivity index (χ4v) is 3.16. The van der Waals surface area contributed by atoms with Crippen LogP contribution in [0.4, 0.5) is 0 Å². The van der Waals surface area contributed by atoms with Crippen molar-refractivity contribution in [2.24, 2.45) is 0 Å². The molecule has 1 heteroatoms. The molecule has 0 aromatic carbocycles. The largest absolute Gasteiger partial charge is 0.289 e. The van der Waals surface area contributed by atoms with Crippen LogP contribution in [0.1, 0.15) is 91.9 Å². The van der Waals surface area contributed by atoms with Gasteiger partial charge < -0.3 is 0 Å². The molecule has 0 aromatic rings. The standard InChI is InChI=1S/C19H32O/c1-5-9-13-16-15(11-7-3)17(12-8-4)19(20)18(16)14-10-6-2/h5-14H2,1-4H3. The number of rotatable bonds is 10. The molecule has 1 aliphatic carbocycles. The summed E-state index contributed by atoms with van der Waals surface area (Å²) in [5.74, 6) is 0.398. The van der Waals surface area contributed by atoms with Crippen LogP contribution in [-0.2, 0) is 4.79 Å². The van der Waals surface area contributed by atoms with Crippen LogP contribution in [0.25, 0.3) is 0 Å². The van der Waals surface area contributed by atoms with E-state index in [2.05, 4.69) is 27.7 Å². The first kappa shape index (κ1) is 17.2. The summed E-state index contributed by atoms with van der Waals surface area (Å²) in [6, 6.07) is 0. The molecule has 0 unspecified atom stereocenters. The molecular formula is C19H32O. The molecule has 1 rings (SSSR count). The van der Waals surface area contributed by atoms with E-state index in [0.29, 0.717) is 5.78 Å². The van der Waals surface area contributed by atoms with Crippen LogP contribution in [0.15, 0.2) is 22.3 Å². The molecule has 0 saturated heterocycles. The summed E-state index contributed by atoms with van der Waals surface area (Å²) in [5.41, 5.74) is 5.20. The maximum atomic E-state index is 12.7. The van der Waals surface area contributed by atoms with Gasteiger partial charge in [0.15, 0.2) is 5.78 Å². The first-order valence-electron chi connectivity index (χ1n) is 8.70. The summed E-state index contributed by atoms with van der Waals surface area (Å²) < 4.78 is 0. The lowest BCUT2D eigenvalue weighted by atomic mass is 9.94. The molecule has 0 aliphatic heterocycles. The summed E-state index contributed by atoms with van der Waals surface area (Å²) in [4.78, 5) is 12.7. The molecular weight excluding hydrogens is 244 g/mol. The molecule has 0 radical (unpaired) electrons. The van der Waals surface area contributed by atoms with Gasteiger partial charge in [0.05, 0.1) is 0 Å². The van der Waals surface area contributed by atoms with Crippen LogP contribution in [-0.4, -0.2) is 5.78 Å². The van der Waals surface area contributed by atoms with Crippen molar-refractivity contribution in [3.8, 4) is 0 Å². The van der Waals surface area contributed by atoms with Crippen molar-refractivity contribution in [1.29, 1.82) is 0 Å². The molecule has 0 amide bonds. The Morgan fingerprint density at radius 1 is 0.550 bits per heavy atom. The highest BCUT2D eigenvalue weighted by Gasteiger charge is 2.29. The normalized spacial score (nSPS) is 15.7. The van der Waals surface area contributed by atoms with Gasteiger partial charge in [-0.1, -0.05) is 53.4 Å². The maximum absolute atomic E-state index is 12.7. The summed E-state index contributed by atoms with van der Waals surface area (Å²) >= 11 is 0. The molecule has 0 heterocycles. The number of unbranched alkanes of at least 4 members (excludes halogenated alkanes) is 2. The Morgan fingerprint density at radius 3 is 1.45 bits per heavy atom. The van der Waals surface area contributed by atoms with E-state index < -0.39 is 0 Å².